The lowest BCUT2D eigenvalue weighted by atomic mass is 10.1. The van der Waals surface area contributed by atoms with Crippen LogP contribution in [-0.2, 0) is 11.3 Å². The standard InChI is InChI=1S/C17H27NO2/c1-4-10-18-11-15-7-5-6-13(2)17(15)19-12-16-9-8-14(3)20-16/h5-7,14,16,18H,4,8-12H2,1-3H3. The molecular formula is C17H27NO2. The summed E-state index contributed by atoms with van der Waals surface area (Å²) in [6.45, 7) is 8.99. The van der Waals surface area contributed by atoms with E-state index in [2.05, 4.69) is 44.3 Å². The molecule has 1 aliphatic heterocycles. The van der Waals surface area contributed by atoms with Crippen molar-refractivity contribution in [2.75, 3.05) is 13.2 Å². The van der Waals surface area contributed by atoms with Crippen LogP contribution in [0.5, 0.6) is 5.75 Å². The molecule has 112 valence electrons. The van der Waals surface area contributed by atoms with Gasteiger partial charge < -0.3 is 14.8 Å². The summed E-state index contributed by atoms with van der Waals surface area (Å²) in [6.07, 6.45) is 4.03. The first-order chi connectivity index (χ1) is 9.70. The van der Waals surface area contributed by atoms with Crippen molar-refractivity contribution in [1.82, 2.24) is 5.32 Å². The smallest absolute Gasteiger partial charge is 0.126 e. The Morgan fingerprint density at radius 1 is 1.35 bits per heavy atom. The largest absolute Gasteiger partial charge is 0.490 e. The molecule has 0 saturated carbocycles. The van der Waals surface area contributed by atoms with Crippen molar-refractivity contribution >= 4 is 0 Å². The second-order valence-corrected chi connectivity index (χ2v) is 5.70. The number of hydrogen-bond acceptors (Lipinski definition) is 3. The number of aryl methyl sites for hydroxylation is 1. The van der Waals surface area contributed by atoms with Crippen molar-refractivity contribution in [3.05, 3.63) is 29.3 Å². The van der Waals surface area contributed by atoms with Crippen molar-refractivity contribution in [3.63, 3.8) is 0 Å². The normalized spacial score (nSPS) is 22.1. The monoisotopic (exact) mass is 277 g/mol. The second-order valence-electron chi connectivity index (χ2n) is 5.70. The topological polar surface area (TPSA) is 30.5 Å². The minimum absolute atomic E-state index is 0.251. The SMILES string of the molecule is CCCNCc1cccc(C)c1OCC1CCC(C)O1. The number of nitrogens with one attached hydrogen (secondary N) is 1. The molecule has 2 rings (SSSR count). The molecule has 2 atom stereocenters. The Balaban J connectivity index is 1.94. The summed E-state index contributed by atoms with van der Waals surface area (Å²) in [6, 6.07) is 6.35. The highest BCUT2D eigenvalue weighted by molar-refractivity contribution is 5.40. The van der Waals surface area contributed by atoms with E-state index in [1.165, 1.54) is 11.1 Å². The quantitative estimate of drug-likeness (QED) is 0.774. The lowest BCUT2D eigenvalue weighted by Crippen LogP contribution is -2.20. The zero-order valence-electron chi connectivity index (χ0n) is 12.9. The van der Waals surface area contributed by atoms with E-state index in [0.717, 1.165) is 38.1 Å². The van der Waals surface area contributed by atoms with Gasteiger partial charge in [-0.2, -0.15) is 0 Å². The third kappa shape index (κ3) is 4.22. The summed E-state index contributed by atoms with van der Waals surface area (Å²) < 4.78 is 11.9. The van der Waals surface area contributed by atoms with Gasteiger partial charge in [-0.3, -0.25) is 0 Å². The Kier molecular flexibility index (Phi) is 5.86. The number of benzene rings is 1. The van der Waals surface area contributed by atoms with Crippen LogP contribution in [-0.4, -0.2) is 25.4 Å². The Labute approximate surface area is 122 Å². The molecule has 3 nitrogen and oxygen atoms in total. The highest BCUT2D eigenvalue weighted by Gasteiger charge is 2.22. The second kappa shape index (κ2) is 7.65. The van der Waals surface area contributed by atoms with Gasteiger partial charge in [-0.25, -0.2) is 0 Å². The number of hydrogen-bond donors (Lipinski definition) is 1. The van der Waals surface area contributed by atoms with E-state index >= 15 is 0 Å². The van der Waals surface area contributed by atoms with Gasteiger partial charge in [0.25, 0.3) is 0 Å². The molecule has 1 N–H and O–H groups in total. The number of rotatable bonds is 7. The summed E-state index contributed by atoms with van der Waals surface area (Å²) in [5.41, 5.74) is 2.44. The van der Waals surface area contributed by atoms with Crippen LogP contribution in [0.1, 0.15) is 44.2 Å². The van der Waals surface area contributed by atoms with E-state index in [4.69, 9.17) is 9.47 Å². The van der Waals surface area contributed by atoms with Crippen LogP contribution >= 0.6 is 0 Å². The zero-order valence-corrected chi connectivity index (χ0v) is 12.9. The first-order valence-corrected chi connectivity index (χ1v) is 7.78. The van der Waals surface area contributed by atoms with Gasteiger partial charge in [0.2, 0.25) is 0 Å². The van der Waals surface area contributed by atoms with Crippen LogP contribution in [0.3, 0.4) is 0 Å². The van der Waals surface area contributed by atoms with Gasteiger partial charge in [-0.15, -0.1) is 0 Å². The van der Waals surface area contributed by atoms with Crippen molar-refractivity contribution < 1.29 is 9.47 Å². The fraction of sp³-hybridized carbons (Fsp3) is 0.647. The van der Waals surface area contributed by atoms with E-state index < -0.39 is 0 Å². The van der Waals surface area contributed by atoms with Gasteiger partial charge >= 0.3 is 0 Å². The Morgan fingerprint density at radius 3 is 2.90 bits per heavy atom. The van der Waals surface area contributed by atoms with Crippen LogP contribution in [0.2, 0.25) is 0 Å². The van der Waals surface area contributed by atoms with Crippen LogP contribution < -0.4 is 10.1 Å². The van der Waals surface area contributed by atoms with E-state index in [1.54, 1.807) is 0 Å². The van der Waals surface area contributed by atoms with Gasteiger partial charge in [-0.1, -0.05) is 25.1 Å². The van der Waals surface area contributed by atoms with Crippen molar-refractivity contribution in [2.45, 2.75) is 58.8 Å². The van der Waals surface area contributed by atoms with Gasteiger partial charge in [0, 0.05) is 12.1 Å². The number of ether oxygens (including phenoxy) is 2. The molecule has 0 aromatic heterocycles. The molecule has 0 amide bonds. The minimum atomic E-state index is 0.251. The third-order valence-corrected chi connectivity index (χ3v) is 3.77. The number of para-hydroxylation sites is 1. The molecule has 20 heavy (non-hydrogen) atoms. The van der Waals surface area contributed by atoms with Gasteiger partial charge in [0.05, 0.1) is 12.2 Å². The first kappa shape index (κ1) is 15.3. The summed E-state index contributed by atoms with van der Waals surface area (Å²) in [7, 11) is 0. The highest BCUT2D eigenvalue weighted by Crippen LogP contribution is 2.26. The fourth-order valence-corrected chi connectivity index (χ4v) is 2.64. The first-order valence-electron chi connectivity index (χ1n) is 7.78. The summed E-state index contributed by atoms with van der Waals surface area (Å²) in [5, 5.41) is 3.44. The predicted octanol–water partition coefficient (Wildman–Crippen LogP) is 3.44. The molecule has 1 aromatic carbocycles. The molecule has 0 radical (unpaired) electrons. The molecular weight excluding hydrogens is 250 g/mol. The maximum absolute atomic E-state index is 6.07. The van der Waals surface area contributed by atoms with Crippen molar-refractivity contribution in [2.24, 2.45) is 0 Å². The average molecular weight is 277 g/mol. The van der Waals surface area contributed by atoms with Crippen molar-refractivity contribution in [1.29, 1.82) is 0 Å². The zero-order chi connectivity index (χ0) is 14.4. The average Bonchev–Trinajstić information content (AvgIpc) is 2.84. The Hall–Kier alpha value is -1.06. The maximum Gasteiger partial charge on any atom is 0.126 e. The molecule has 1 aliphatic rings. The van der Waals surface area contributed by atoms with Gasteiger partial charge in [-0.05, 0) is 45.2 Å². The molecule has 1 aromatic rings. The Morgan fingerprint density at radius 2 is 2.20 bits per heavy atom. The molecule has 3 heteroatoms. The summed E-state index contributed by atoms with van der Waals surface area (Å²) >= 11 is 0. The third-order valence-electron chi connectivity index (χ3n) is 3.77. The molecule has 1 fully saturated rings. The predicted molar refractivity (Wildman–Crippen MR) is 82.2 cm³/mol. The summed E-state index contributed by atoms with van der Waals surface area (Å²) in [4.78, 5) is 0. The molecule has 0 spiro atoms. The van der Waals surface area contributed by atoms with Gasteiger partial charge in [0.1, 0.15) is 12.4 Å². The Bertz CT molecular complexity index is 419. The fourth-order valence-electron chi connectivity index (χ4n) is 2.64. The highest BCUT2D eigenvalue weighted by atomic mass is 16.5. The van der Waals surface area contributed by atoms with E-state index in [9.17, 15) is 0 Å². The van der Waals surface area contributed by atoms with Crippen LogP contribution in [0, 0.1) is 6.92 Å². The molecule has 0 aliphatic carbocycles. The van der Waals surface area contributed by atoms with Crippen LogP contribution in [0.15, 0.2) is 18.2 Å². The lowest BCUT2D eigenvalue weighted by Gasteiger charge is -2.17. The molecule has 2 unspecified atom stereocenters. The van der Waals surface area contributed by atoms with Gasteiger partial charge in [0.15, 0.2) is 0 Å². The van der Waals surface area contributed by atoms with E-state index in [0.29, 0.717) is 12.7 Å². The van der Waals surface area contributed by atoms with E-state index in [1.807, 2.05) is 0 Å². The van der Waals surface area contributed by atoms with E-state index in [-0.39, 0.29) is 6.10 Å². The molecule has 1 saturated heterocycles. The van der Waals surface area contributed by atoms with Crippen LogP contribution in [0.4, 0.5) is 0 Å². The van der Waals surface area contributed by atoms with Crippen molar-refractivity contribution in [3.8, 4) is 5.75 Å². The molecule has 0 bridgehead atoms. The lowest BCUT2D eigenvalue weighted by molar-refractivity contribution is 0.0261. The minimum Gasteiger partial charge on any atom is -0.490 e. The van der Waals surface area contributed by atoms with Crippen LogP contribution in [0.25, 0.3) is 0 Å². The maximum atomic E-state index is 6.07. The summed E-state index contributed by atoms with van der Waals surface area (Å²) in [5.74, 6) is 1.03. The molecule has 1 heterocycles.